The van der Waals surface area contributed by atoms with Gasteiger partial charge in [0.2, 0.25) is 0 Å². The minimum absolute atomic E-state index is 0.114. The van der Waals surface area contributed by atoms with E-state index in [-0.39, 0.29) is 10.6 Å². The molecule has 1 nitrogen and oxygen atoms in total. The number of aryl methyl sites for hydroxylation is 1. The first-order valence-electron chi connectivity index (χ1n) is 4.40. The van der Waals surface area contributed by atoms with Crippen LogP contribution in [0.3, 0.4) is 0 Å². The molecule has 0 N–H and O–H groups in total. The van der Waals surface area contributed by atoms with Gasteiger partial charge in [-0.1, -0.05) is 24.3 Å². The van der Waals surface area contributed by atoms with Gasteiger partial charge in [-0.2, -0.15) is 13.2 Å². The predicted octanol–water partition coefficient (Wildman–Crippen LogP) is 3.59. The van der Waals surface area contributed by atoms with Gasteiger partial charge in [-0.25, -0.2) is 0 Å². The average molecular weight is 215 g/mol. The predicted molar refractivity (Wildman–Crippen MR) is 55.7 cm³/mol. The summed E-state index contributed by atoms with van der Waals surface area (Å²) in [7, 11) is 0.998. The quantitative estimate of drug-likeness (QED) is 0.681. The smallest absolute Gasteiger partial charge is 0.286 e. The number of rotatable bonds is 2. The van der Waals surface area contributed by atoms with Crippen LogP contribution in [0.25, 0.3) is 6.08 Å². The van der Waals surface area contributed by atoms with E-state index in [1.54, 1.807) is 12.1 Å². The summed E-state index contributed by atoms with van der Waals surface area (Å²) in [5.41, 5.74) is 1.50. The van der Waals surface area contributed by atoms with Crippen LogP contribution in [0.2, 0.25) is 0 Å². The van der Waals surface area contributed by atoms with Crippen LogP contribution >= 0.6 is 0 Å². The normalized spacial score (nSPS) is 11.3. The topological polar surface area (TPSA) is 3.24 Å². The summed E-state index contributed by atoms with van der Waals surface area (Å²) in [6.45, 7) is 5.33. The van der Waals surface area contributed by atoms with E-state index < -0.39 is 6.30 Å². The van der Waals surface area contributed by atoms with E-state index in [1.165, 1.54) is 12.1 Å². The largest absolute Gasteiger partial charge is 0.484 e. The molecule has 4 heteroatoms. The number of benzene rings is 1. The minimum atomic E-state index is -4.37. The summed E-state index contributed by atoms with van der Waals surface area (Å²) in [5.74, 6) is 0. The summed E-state index contributed by atoms with van der Waals surface area (Å²) in [5, 5.41) is 0. The molecule has 0 amide bonds. The monoisotopic (exact) mass is 215 g/mol. The van der Waals surface area contributed by atoms with Crippen LogP contribution in [0, 0.1) is 6.92 Å². The van der Waals surface area contributed by atoms with Crippen molar-refractivity contribution in [1.29, 1.82) is 0 Å². The van der Waals surface area contributed by atoms with Gasteiger partial charge in [-0.3, -0.25) is 4.90 Å². The molecule has 82 valence electrons. The third-order valence-corrected chi connectivity index (χ3v) is 2.14. The maximum Gasteiger partial charge on any atom is 0.484 e. The average Bonchev–Trinajstić information content (AvgIpc) is 2.15. The van der Waals surface area contributed by atoms with E-state index in [9.17, 15) is 13.2 Å². The first-order valence-corrected chi connectivity index (χ1v) is 4.40. The highest BCUT2D eigenvalue weighted by atomic mass is 19.4. The summed E-state index contributed by atoms with van der Waals surface area (Å²) in [6.07, 6.45) is -2.95. The zero-order valence-electron chi connectivity index (χ0n) is 8.60. The fourth-order valence-electron chi connectivity index (χ4n) is 1.28. The van der Waals surface area contributed by atoms with Gasteiger partial charge in [0.15, 0.2) is 0 Å². The van der Waals surface area contributed by atoms with Crippen LogP contribution in [0.5, 0.6) is 0 Å². The molecule has 1 aromatic carbocycles. The lowest BCUT2D eigenvalue weighted by Crippen LogP contribution is -2.34. The highest BCUT2D eigenvalue weighted by Gasteiger charge is 2.35. The summed E-state index contributed by atoms with van der Waals surface area (Å²) in [4.78, 5) is 0.281. The molecular formula is C11H12F3N. The first-order chi connectivity index (χ1) is 6.86. The third kappa shape index (κ3) is 2.52. The van der Waals surface area contributed by atoms with Crippen LogP contribution in [0.1, 0.15) is 11.1 Å². The van der Waals surface area contributed by atoms with Gasteiger partial charge in [-0.15, -0.1) is 0 Å². The Morgan fingerprint density at radius 1 is 1.33 bits per heavy atom. The molecule has 0 bridgehead atoms. The van der Waals surface area contributed by atoms with Gasteiger partial charge in [0.25, 0.3) is 0 Å². The van der Waals surface area contributed by atoms with Gasteiger partial charge in [0.1, 0.15) is 0 Å². The van der Waals surface area contributed by atoms with Gasteiger partial charge in [0.05, 0.1) is 5.69 Å². The molecule has 0 saturated heterocycles. The second-order valence-corrected chi connectivity index (χ2v) is 3.29. The summed E-state index contributed by atoms with van der Waals surface area (Å²) >= 11 is 0. The van der Waals surface area contributed by atoms with Crippen LogP contribution in [0.15, 0.2) is 24.8 Å². The van der Waals surface area contributed by atoms with Crippen molar-refractivity contribution in [2.75, 3.05) is 11.9 Å². The SMILES string of the molecule is C=Cc1cc(C)ccc1N(C)C(F)(F)F. The van der Waals surface area contributed by atoms with Crippen molar-refractivity contribution in [3.05, 3.63) is 35.9 Å². The highest BCUT2D eigenvalue weighted by Crippen LogP contribution is 2.30. The van der Waals surface area contributed by atoms with Crippen molar-refractivity contribution in [3.63, 3.8) is 0 Å². The lowest BCUT2D eigenvalue weighted by Gasteiger charge is -2.24. The lowest BCUT2D eigenvalue weighted by atomic mass is 10.1. The molecule has 0 heterocycles. The van der Waals surface area contributed by atoms with Crippen molar-refractivity contribution in [2.24, 2.45) is 0 Å². The molecule has 0 aliphatic carbocycles. The fourth-order valence-corrected chi connectivity index (χ4v) is 1.28. The maximum atomic E-state index is 12.4. The van der Waals surface area contributed by atoms with Crippen LogP contribution in [-0.4, -0.2) is 13.3 Å². The Balaban J connectivity index is 3.19. The lowest BCUT2D eigenvalue weighted by molar-refractivity contribution is -0.125. The number of anilines is 1. The standard InChI is InChI=1S/C11H12F3N/c1-4-9-7-8(2)5-6-10(9)15(3)11(12,13)14/h4-7H,1H2,2-3H3. The zero-order valence-corrected chi connectivity index (χ0v) is 8.60. The van der Waals surface area contributed by atoms with Crippen molar-refractivity contribution < 1.29 is 13.2 Å². The number of nitrogens with zero attached hydrogens (tertiary/aromatic N) is 1. The van der Waals surface area contributed by atoms with Crippen molar-refractivity contribution >= 4 is 11.8 Å². The molecule has 1 rings (SSSR count). The Labute approximate surface area is 86.8 Å². The number of hydrogen-bond donors (Lipinski definition) is 0. The Kier molecular flexibility index (Phi) is 3.07. The van der Waals surface area contributed by atoms with E-state index >= 15 is 0 Å². The Bertz CT molecular complexity index is 369. The summed E-state index contributed by atoms with van der Waals surface area (Å²) in [6, 6.07) is 4.76. The first kappa shape index (κ1) is 11.6. The van der Waals surface area contributed by atoms with E-state index in [1.807, 2.05) is 6.92 Å². The van der Waals surface area contributed by atoms with Gasteiger partial charge in [0, 0.05) is 7.05 Å². The zero-order chi connectivity index (χ0) is 11.6. The molecule has 0 spiro atoms. The molecule has 0 aliphatic rings. The molecule has 0 atom stereocenters. The fraction of sp³-hybridized carbons (Fsp3) is 0.273. The Hall–Kier alpha value is -1.45. The third-order valence-electron chi connectivity index (χ3n) is 2.14. The van der Waals surface area contributed by atoms with Crippen molar-refractivity contribution in [3.8, 4) is 0 Å². The summed E-state index contributed by atoms with van der Waals surface area (Å²) < 4.78 is 37.3. The van der Waals surface area contributed by atoms with E-state index in [4.69, 9.17) is 0 Å². The highest BCUT2D eigenvalue weighted by molar-refractivity contribution is 5.67. The Morgan fingerprint density at radius 3 is 2.40 bits per heavy atom. The van der Waals surface area contributed by atoms with Crippen molar-refractivity contribution in [2.45, 2.75) is 13.2 Å². The van der Waals surface area contributed by atoms with Gasteiger partial charge in [-0.05, 0) is 24.6 Å². The van der Waals surface area contributed by atoms with E-state index in [0.717, 1.165) is 12.6 Å². The molecule has 0 aliphatic heterocycles. The molecule has 0 fully saturated rings. The Morgan fingerprint density at radius 2 is 1.93 bits per heavy atom. The van der Waals surface area contributed by atoms with Crippen molar-refractivity contribution in [1.82, 2.24) is 0 Å². The number of alkyl halides is 3. The molecule has 1 aromatic rings. The minimum Gasteiger partial charge on any atom is -0.286 e. The second kappa shape index (κ2) is 3.96. The molecule has 0 aromatic heterocycles. The second-order valence-electron chi connectivity index (χ2n) is 3.29. The van der Waals surface area contributed by atoms with E-state index in [2.05, 4.69) is 6.58 Å². The van der Waals surface area contributed by atoms with Crippen LogP contribution in [0.4, 0.5) is 18.9 Å². The molecule has 0 radical (unpaired) electrons. The van der Waals surface area contributed by atoms with E-state index in [0.29, 0.717) is 5.56 Å². The van der Waals surface area contributed by atoms with Crippen LogP contribution < -0.4 is 4.90 Å². The molecule has 0 saturated carbocycles. The van der Waals surface area contributed by atoms with Crippen LogP contribution in [-0.2, 0) is 0 Å². The molecule has 15 heavy (non-hydrogen) atoms. The number of hydrogen-bond acceptors (Lipinski definition) is 1. The molecule has 0 unspecified atom stereocenters. The maximum absolute atomic E-state index is 12.4. The molecular weight excluding hydrogens is 203 g/mol. The van der Waals surface area contributed by atoms with Gasteiger partial charge >= 0.3 is 6.30 Å². The number of halogens is 3. The van der Waals surface area contributed by atoms with Gasteiger partial charge < -0.3 is 0 Å².